The van der Waals surface area contributed by atoms with Crippen molar-refractivity contribution in [1.29, 1.82) is 0 Å². The number of rotatable bonds is 6. The fourth-order valence-electron chi connectivity index (χ4n) is 5.18. The monoisotopic (exact) mass is 482 g/mol. The van der Waals surface area contributed by atoms with E-state index in [9.17, 15) is 33.6 Å². The zero-order chi connectivity index (χ0) is 24.6. The largest absolute Gasteiger partial charge is 0.573 e. The molecule has 0 radical (unpaired) electrons. The van der Waals surface area contributed by atoms with E-state index < -0.39 is 43.5 Å². The molecular formula is C25H29F3O6. The van der Waals surface area contributed by atoms with Crippen LogP contribution in [0.3, 0.4) is 0 Å². The van der Waals surface area contributed by atoms with Crippen molar-refractivity contribution in [1.82, 2.24) is 0 Å². The quantitative estimate of drug-likeness (QED) is 0.506. The first-order valence-corrected chi connectivity index (χ1v) is 11.4. The lowest BCUT2D eigenvalue weighted by Gasteiger charge is -2.41. The average Bonchev–Trinajstić information content (AvgIpc) is 3.28. The Morgan fingerprint density at radius 2 is 1.68 bits per heavy atom. The smallest absolute Gasteiger partial charge is 0.406 e. The Balaban J connectivity index is 1.70. The molecule has 2 aromatic rings. The molecule has 34 heavy (non-hydrogen) atoms. The van der Waals surface area contributed by atoms with Crippen LogP contribution in [0.2, 0.25) is 0 Å². The summed E-state index contributed by atoms with van der Waals surface area (Å²) in [6, 6.07) is 7.66. The third-order valence-corrected chi connectivity index (χ3v) is 6.75. The molecule has 6 nitrogen and oxygen atoms in total. The van der Waals surface area contributed by atoms with Gasteiger partial charge in [0.05, 0.1) is 6.61 Å². The third-order valence-electron chi connectivity index (χ3n) is 6.75. The van der Waals surface area contributed by atoms with Crippen LogP contribution in [0, 0.1) is 0 Å². The standard InChI is InChI=1S/C25H29F3O6/c1-2-16-18-5-3-4-17(18)14(10-13-6-8-15(9-7-13)34-25(26,27)28)11-19(16)24-23(32)22(31)21(30)20(12-29)33-24/h6-9,11,20-24,29-32H,2-5,10,12H2,1H3/t20-,21-,22+,23-,24+/m1/s1. The maximum absolute atomic E-state index is 12.5. The van der Waals surface area contributed by atoms with Crippen molar-refractivity contribution in [2.75, 3.05) is 6.61 Å². The SMILES string of the molecule is CCc1c([C@@H]2O[C@H](CO)[C@@H](O)[C@H](O)[C@H]2O)cc(Cc2ccc(OC(F)(F)F)cc2)c2c1CCC2. The fraction of sp³-hybridized carbons (Fsp3) is 0.520. The Morgan fingerprint density at radius 1 is 1.00 bits per heavy atom. The van der Waals surface area contributed by atoms with E-state index in [2.05, 4.69) is 4.74 Å². The van der Waals surface area contributed by atoms with Gasteiger partial charge in [-0.15, -0.1) is 13.2 Å². The van der Waals surface area contributed by atoms with E-state index in [4.69, 9.17) is 4.74 Å². The number of halogens is 3. The number of ether oxygens (including phenoxy) is 2. The minimum atomic E-state index is -4.75. The van der Waals surface area contributed by atoms with Crippen LogP contribution < -0.4 is 4.74 Å². The van der Waals surface area contributed by atoms with Gasteiger partial charge in [-0.2, -0.15) is 0 Å². The highest BCUT2D eigenvalue weighted by Crippen LogP contribution is 2.40. The van der Waals surface area contributed by atoms with Crippen LogP contribution in [0.25, 0.3) is 0 Å². The summed E-state index contributed by atoms with van der Waals surface area (Å²) in [6.45, 7) is 1.49. The van der Waals surface area contributed by atoms with Crippen molar-refractivity contribution in [3.05, 3.63) is 63.7 Å². The number of benzene rings is 2. The number of aliphatic hydroxyl groups excluding tert-OH is 4. The highest BCUT2D eigenvalue weighted by atomic mass is 19.4. The summed E-state index contributed by atoms with van der Waals surface area (Å²) in [5.41, 5.74) is 5.86. The Kier molecular flexibility index (Phi) is 7.21. The van der Waals surface area contributed by atoms with Gasteiger partial charge in [0.25, 0.3) is 0 Å². The summed E-state index contributed by atoms with van der Waals surface area (Å²) >= 11 is 0. The molecule has 1 aliphatic carbocycles. The van der Waals surface area contributed by atoms with Crippen molar-refractivity contribution in [2.24, 2.45) is 0 Å². The molecule has 4 N–H and O–H groups in total. The molecule has 4 rings (SSSR count). The van der Waals surface area contributed by atoms with Crippen LogP contribution >= 0.6 is 0 Å². The minimum Gasteiger partial charge on any atom is -0.406 e. The zero-order valence-electron chi connectivity index (χ0n) is 18.8. The van der Waals surface area contributed by atoms with Crippen molar-refractivity contribution >= 4 is 0 Å². The van der Waals surface area contributed by atoms with Gasteiger partial charge >= 0.3 is 6.36 Å². The second kappa shape index (κ2) is 9.83. The van der Waals surface area contributed by atoms with Crippen molar-refractivity contribution in [2.45, 2.75) is 75.9 Å². The second-order valence-electron chi connectivity index (χ2n) is 8.89. The number of hydrogen-bond donors (Lipinski definition) is 4. The summed E-state index contributed by atoms with van der Waals surface area (Å²) in [7, 11) is 0. The molecule has 0 aromatic heterocycles. The van der Waals surface area contributed by atoms with E-state index in [1.54, 1.807) is 12.1 Å². The maximum Gasteiger partial charge on any atom is 0.573 e. The van der Waals surface area contributed by atoms with Gasteiger partial charge in [-0.3, -0.25) is 0 Å². The van der Waals surface area contributed by atoms with E-state index in [0.29, 0.717) is 18.4 Å². The van der Waals surface area contributed by atoms with Crippen molar-refractivity contribution < 1.29 is 43.1 Å². The third kappa shape index (κ3) is 4.94. The first-order valence-electron chi connectivity index (χ1n) is 11.4. The van der Waals surface area contributed by atoms with Crippen molar-refractivity contribution in [3.8, 4) is 5.75 Å². The summed E-state index contributed by atoms with van der Waals surface area (Å²) in [5, 5.41) is 40.8. The van der Waals surface area contributed by atoms with E-state index in [1.807, 2.05) is 13.0 Å². The Hall–Kier alpha value is -2.17. The molecule has 1 saturated heterocycles. The predicted octanol–water partition coefficient (Wildman–Crippen LogP) is 2.74. The summed E-state index contributed by atoms with van der Waals surface area (Å²) in [6.07, 6.45) is -7.15. The Labute approximate surface area is 195 Å². The minimum absolute atomic E-state index is 0.287. The number of hydrogen-bond acceptors (Lipinski definition) is 6. The molecule has 9 heteroatoms. The van der Waals surface area contributed by atoms with Gasteiger partial charge in [0, 0.05) is 0 Å². The number of alkyl halides is 3. The molecule has 0 saturated carbocycles. The highest BCUT2D eigenvalue weighted by Gasteiger charge is 2.45. The summed E-state index contributed by atoms with van der Waals surface area (Å²) in [4.78, 5) is 0. The van der Waals surface area contributed by atoms with E-state index in [-0.39, 0.29) is 5.75 Å². The second-order valence-corrected chi connectivity index (χ2v) is 8.89. The first-order chi connectivity index (χ1) is 16.1. The molecular weight excluding hydrogens is 453 g/mol. The fourth-order valence-corrected chi connectivity index (χ4v) is 5.18. The lowest BCUT2D eigenvalue weighted by molar-refractivity contribution is -0.274. The highest BCUT2D eigenvalue weighted by molar-refractivity contribution is 5.51. The summed E-state index contributed by atoms with van der Waals surface area (Å²) in [5.74, 6) is -0.287. The molecule has 0 unspecified atom stereocenters. The topological polar surface area (TPSA) is 99.4 Å². The maximum atomic E-state index is 12.5. The van der Waals surface area contributed by atoms with Gasteiger partial charge in [-0.1, -0.05) is 25.1 Å². The Bertz CT molecular complexity index is 1010. The van der Waals surface area contributed by atoms with Gasteiger partial charge in [0.1, 0.15) is 36.3 Å². The van der Waals surface area contributed by atoms with Crippen LogP contribution in [-0.2, 0) is 30.4 Å². The Morgan fingerprint density at radius 3 is 2.29 bits per heavy atom. The lowest BCUT2D eigenvalue weighted by atomic mass is 9.83. The first kappa shape index (κ1) is 24.9. The molecule has 1 heterocycles. The van der Waals surface area contributed by atoms with E-state index in [0.717, 1.165) is 36.0 Å². The lowest BCUT2D eigenvalue weighted by Crippen LogP contribution is -2.55. The number of aliphatic hydroxyl groups is 4. The molecule has 0 bridgehead atoms. The normalized spacial score (nSPS) is 27.0. The zero-order valence-corrected chi connectivity index (χ0v) is 18.8. The molecule has 0 spiro atoms. The van der Waals surface area contributed by atoms with Gasteiger partial charge in [0.2, 0.25) is 0 Å². The van der Waals surface area contributed by atoms with Gasteiger partial charge in [-0.05, 0) is 77.6 Å². The average molecular weight is 482 g/mol. The van der Waals surface area contributed by atoms with E-state index in [1.165, 1.54) is 23.3 Å². The van der Waals surface area contributed by atoms with Crippen molar-refractivity contribution in [3.63, 3.8) is 0 Å². The van der Waals surface area contributed by atoms with Crippen LogP contribution in [0.1, 0.15) is 52.8 Å². The van der Waals surface area contributed by atoms with Crippen LogP contribution in [-0.4, -0.2) is 57.8 Å². The molecule has 2 aliphatic rings. The molecule has 2 aromatic carbocycles. The molecule has 0 amide bonds. The van der Waals surface area contributed by atoms with E-state index >= 15 is 0 Å². The van der Waals surface area contributed by atoms with Crippen LogP contribution in [0.15, 0.2) is 30.3 Å². The summed E-state index contributed by atoms with van der Waals surface area (Å²) < 4.78 is 47.2. The van der Waals surface area contributed by atoms with Gasteiger partial charge < -0.3 is 29.9 Å². The van der Waals surface area contributed by atoms with Gasteiger partial charge in [-0.25, -0.2) is 0 Å². The molecule has 1 fully saturated rings. The van der Waals surface area contributed by atoms with Crippen LogP contribution in [0.5, 0.6) is 5.75 Å². The molecule has 1 aliphatic heterocycles. The van der Waals surface area contributed by atoms with Crippen LogP contribution in [0.4, 0.5) is 13.2 Å². The molecule has 186 valence electrons. The molecule has 5 atom stereocenters. The van der Waals surface area contributed by atoms with Gasteiger partial charge in [0.15, 0.2) is 0 Å². The predicted molar refractivity (Wildman–Crippen MR) is 116 cm³/mol. The number of fused-ring (bicyclic) bond motifs is 1.